The minimum atomic E-state index is -0.558. The molecule has 1 unspecified atom stereocenters. The number of amides is 2. The molecule has 1 atom stereocenters. The molecule has 0 bridgehead atoms. The first-order valence-corrected chi connectivity index (χ1v) is 7.76. The molecule has 1 aromatic heterocycles. The van der Waals surface area contributed by atoms with E-state index in [1.165, 1.54) is 0 Å². The normalized spacial score (nSPS) is 19.1. The Bertz CT molecular complexity index is 761. The number of aromatic nitrogens is 1. The first-order chi connectivity index (χ1) is 9.61. The summed E-state index contributed by atoms with van der Waals surface area (Å²) in [4.78, 5) is 35.5. The second-order valence-electron chi connectivity index (χ2n) is 4.53. The van der Waals surface area contributed by atoms with Crippen molar-refractivity contribution in [3.8, 4) is 5.75 Å². The van der Waals surface area contributed by atoms with Gasteiger partial charge in [0.1, 0.15) is 0 Å². The van der Waals surface area contributed by atoms with Crippen LogP contribution in [-0.2, 0) is 9.59 Å². The minimum absolute atomic E-state index is 0.159. The summed E-state index contributed by atoms with van der Waals surface area (Å²) in [6.07, 6.45) is 0.651. The van der Waals surface area contributed by atoms with Gasteiger partial charge in [-0.25, -0.2) is 0 Å². The Morgan fingerprint density at radius 1 is 1.35 bits per heavy atom. The fraction of sp³-hybridized carbons (Fsp3) is 0.308. The molecule has 6 nitrogen and oxygen atoms in total. The van der Waals surface area contributed by atoms with Gasteiger partial charge in [0.25, 0.3) is 0 Å². The van der Waals surface area contributed by atoms with Crippen molar-refractivity contribution < 1.29 is 14.3 Å². The van der Waals surface area contributed by atoms with Gasteiger partial charge in [0.05, 0.1) is 0 Å². The SMILES string of the molecule is COc1cccc2c(=O)n(C3CCC(=O)NC3=O)[se]c12. The number of benzene rings is 1. The van der Waals surface area contributed by atoms with Crippen LogP contribution in [0.1, 0.15) is 18.9 Å². The molecule has 1 aliphatic heterocycles. The predicted molar refractivity (Wildman–Crippen MR) is 73.1 cm³/mol. The zero-order valence-electron chi connectivity index (χ0n) is 10.7. The third kappa shape index (κ3) is 1.99. The molecule has 2 aromatic rings. The molecule has 0 aliphatic carbocycles. The number of fused-ring (bicyclic) bond motifs is 1. The van der Waals surface area contributed by atoms with Crippen LogP contribution >= 0.6 is 0 Å². The van der Waals surface area contributed by atoms with Crippen LogP contribution in [0.15, 0.2) is 23.0 Å². The first kappa shape index (κ1) is 13.1. The number of rotatable bonds is 2. The van der Waals surface area contributed by atoms with Crippen LogP contribution in [0.5, 0.6) is 5.75 Å². The number of piperidine rings is 1. The van der Waals surface area contributed by atoms with Crippen molar-refractivity contribution in [2.24, 2.45) is 0 Å². The molecule has 1 N–H and O–H groups in total. The summed E-state index contributed by atoms with van der Waals surface area (Å²) in [6, 6.07) is 4.76. The van der Waals surface area contributed by atoms with E-state index in [4.69, 9.17) is 4.74 Å². The summed E-state index contributed by atoms with van der Waals surface area (Å²) >= 11 is -0.304. The summed E-state index contributed by atoms with van der Waals surface area (Å²) in [7, 11) is 1.56. The fourth-order valence-electron chi connectivity index (χ4n) is 2.31. The number of hydrogen-bond acceptors (Lipinski definition) is 4. The van der Waals surface area contributed by atoms with Gasteiger partial charge in [-0.15, -0.1) is 0 Å². The van der Waals surface area contributed by atoms with Gasteiger partial charge in [-0.3, -0.25) is 0 Å². The van der Waals surface area contributed by atoms with Crippen LogP contribution in [0.4, 0.5) is 0 Å². The van der Waals surface area contributed by atoms with Crippen LogP contribution < -0.4 is 15.6 Å². The van der Waals surface area contributed by atoms with Crippen molar-refractivity contribution in [1.29, 1.82) is 0 Å². The number of ether oxygens (including phenoxy) is 1. The van der Waals surface area contributed by atoms with Gasteiger partial charge in [-0.1, -0.05) is 0 Å². The molecule has 3 rings (SSSR count). The van der Waals surface area contributed by atoms with Crippen molar-refractivity contribution in [3.63, 3.8) is 0 Å². The Morgan fingerprint density at radius 3 is 2.85 bits per heavy atom. The van der Waals surface area contributed by atoms with E-state index in [1.54, 1.807) is 22.8 Å². The van der Waals surface area contributed by atoms with Gasteiger partial charge < -0.3 is 0 Å². The Balaban J connectivity index is 2.13. The molecular weight excluding hydrogens is 327 g/mol. The van der Waals surface area contributed by atoms with Gasteiger partial charge in [-0.2, -0.15) is 0 Å². The van der Waals surface area contributed by atoms with Crippen LogP contribution in [0.3, 0.4) is 0 Å². The van der Waals surface area contributed by atoms with Gasteiger partial charge in [-0.05, 0) is 0 Å². The monoisotopic (exact) mass is 340 g/mol. The van der Waals surface area contributed by atoms with E-state index >= 15 is 0 Å². The molecule has 0 saturated carbocycles. The number of nitrogens with zero attached hydrogens (tertiary/aromatic N) is 1. The van der Waals surface area contributed by atoms with E-state index in [1.807, 2.05) is 6.07 Å². The van der Waals surface area contributed by atoms with Crippen molar-refractivity contribution >= 4 is 36.2 Å². The molecule has 2 amide bonds. The van der Waals surface area contributed by atoms with Gasteiger partial charge in [0, 0.05) is 0 Å². The first-order valence-electron chi connectivity index (χ1n) is 6.14. The number of methoxy groups -OCH3 is 1. The summed E-state index contributed by atoms with van der Waals surface area (Å²) < 4.78 is 7.70. The Kier molecular flexibility index (Phi) is 3.23. The fourth-order valence-corrected chi connectivity index (χ4v) is 4.83. The maximum atomic E-state index is 12.4. The average molecular weight is 339 g/mol. The summed E-state index contributed by atoms with van der Waals surface area (Å²) in [5, 5.41) is 2.88. The molecule has 2 heterocycles. The van der Waals surface area contributed by atoms with Crippen molar-refractivity contribution in [2.45, 2.75) is 18.9 Å². The molecule has 1 fully saturated rings. The third-order valence-electron chi connectivity index (χ3n) is 3.31. The number of carbonyl (C=O) groups is 2. The van der Waals surface area contributed by atoms with E-state index in [-0.39, 0.29) is 38.5 Å². The second kappa shape index (κ2) is 4.92. The molecule has 20 heavy (non-hydrogen) atoms. The standard InChI is InChI=1S/C13H12N2O4Se/c1-19-9-4-2-3-7-11(9)20-15(13(7)18)8-5-6-10(16)14-12(8)17/h2-4,8H,5-6H2,1H3,(H,14,16,17). The van der Waals surface area contributed by atoms with E-state index in [0.29, 0.717) is 17.6 Å². The van der Waals surface area contributed by atoms with Gasteiger partial charge in [0.2, 0.25) is 0 Å². The summed E-state index contributed by atoms with van der Waals surface area (Å²) in [5.74, 6) is 0.00869. The van der Waals surface area contributed by atoms with E-state index in [0.717, 1.165) is 4.26 Å². The number of hydrogen-bond donors (Lipinski definition) is 1. The molecular formula is C13H12N2O4Se. The molecule has 1 aliphatic rings. The quantitative estimate of drug-likeness (QED) is 0.619. The van der Waals surface area contributed by atoms with Crippen LogP contribution in [0.25, 0.3) is 9.65 Å². The van der Waals surface area contributed by atoms with Crippen molar-refractivity contribution in [3.05, 3.63) is 28.6 Å². The molecule has 0 spiro atoms. The maximum absolute atomic E-state index is 12.4. The van der Waals surface area contributed by atoms with E-state index in [2.05, 4.69) is 5.32 Å². The van der Waals surface area contributed by atoms with E-state index < -0.39 is 6.04 Å². The average Bonchev–Trinajstić information content (AvgIpc) is 2.76. The molecule has 104 valence electrons. The van der Waals surface area contributed by atoms with Crippen LogP contribution in [-0.4, -0.2) is 37.2 Å². The van der Waals surface area contributed by atoms with Crippen molar-refractivity contribution in [2.75, 3.05) is 7.11 Å². The van der Waals surface area contributed by atoms with E-state index in [9.17, 15) is 14.4 Å². The third-order valence-corrected chi connectivity index (χ3v) is 5.87. The second-order valence-corrected chi connectivity index (χ2v) is 6.59. The predicted octanol–water partition coefficient (Wildman–Crippen LogP) is 0.0448. The summed E-state index contributed by atoms with van der Waals surface area (Å²) in [5.41, 5.74) is -0.159. The van der Waals surface area contributed by atoms with Crippen LogP contribution in [0, 0.1) is 0 Å². The molecule has 1 aromatic carbocycles. The Morgan fingerprint density at radius 2 is 2.15 bits per heavy atom. The molecule has 1 saturated heterocycles. The number of imide groups is 1. The zero-order valence-corrected chi connectivity index (χ0v) is 12.4. The zero-order chi connectivity index (χ0) is 14.3. The Hall–Kier alpha value is -1.85. The number of nitrogens with one attached hydrogen (secondary N) is 1. The Labute approximate surface area is 120 Å². The van der Waals surface area contributed by atoms with Gasteiger partial charge >= 0.3 is 120 Å². The van der Waals surface area contributed by atoms with Crippen LogP contribution in [0.2, 0.25) is 0 Å². The van der Waals surface area contributed by atoms with Gasteiger partial charge in [0.15, 0.2) is 0 Å². The number of carbonyl (C=O) groups excluding carboxylic acids is 2. The van der Waals surface area contributed by atoms with Crippen molar-refractivity contribution in [1.82, 2.24) is 8.88 Å². The topological polar surface area (TPSA) is 77.4 Å². The summed E-state index contributed by atoms with van der Waals surface area (Å²) in [6.45, 7) is 0. The molecule has 7 heteroatoms. The molecule has 0 radical (unpaired) electrons.